The van der Waals surface area contributed by atoms with Crippen LogP contribution in [0.5, 0.6) is 0 Å². The van der Waals surface area contributed by atoms with Gasteiger partial charge in [0.15, 0.2) is 0 Å². The molecule has 4 N–H and O–H groups in total. The van der Waals surface area contributed by atoms with E-state index in [0.717, 1.165) is 19.6 Å². The first-order valence-electron chi connectivity index (χ1n) is 4.59. The Hall–Kier alpha value is 0.710. The zero-order valence-corrected chi connectivity index (χ0v) is 10.6. The molecule has 1 rings (SSSR count). The fraction of sp³-hybridized carbons (Fsp3) is 1.00. The lowest BCUT2D eigenvalue weighted by Crippen LogP contribution is -2.33. The number of hydrogen-bond acceptors (Lipinski definition) is 4. The number of rotatable bonds is 5. The third-order valence-electron chi connectivity index (χ3n) is 2.18. The van der Waals surface area contributed by atoms with Crippen LogP contribution < -0.4 is 16.4 Å². The molecule has 13 heavy (non-hydrogen) atoms. The van der Waals surface area contributed by atoms with E-state index in [2.05, 4.69) is 17.6 Å². The van der Waals surface area contributed by atoms with Gasteiger partial charge in [-0.2, -0.15) is 11.8 Å². The summed E-state index contributed by atoms with van der Waals surface area (Å²) in [6.07, 6.45) is 1.14. The third-order valence-corrected chi connectivity index (χ3v) is 3.35. The Morgan fingerprint density at radius 2 is 2.23 bits per heavy atom. The summed E-state index contributed by atoms with van der Waals surface area (Å²) in [5.74, 6) is 2.40. The van der Waals surface area contributed by atoms with Gasteiger partial charge in [0, 0.05) is 24.5 Å². The molecule has 0 aromatic carbocycles. The summed E-state index contributed by atoms with van der Waals surface area (Å²) in [7, 11) is 0. The van der Waals surface area contributed by atoms with Crippen molar-refractivity contribution < 1.29 is 0 Å². The van der Waals surface area contributed by atoms with E-state index in [4.69, 9.17) is 5.73 Å². The Morgan fingerprint density at radius 1 is 1.46 bits per heavy atom. The summed E-state index contributed by atoms with van der Waals surface area (Å²) >= 11 is 2.00. The van der Waals surface area contributed by atoms with Crippen LogP contribution >= 0.6 is 28.7 Å². The van der Waals surface area contributed by atoms with E-state index < -0.39 is 0 Å². The Balaban J connectivity index is 0.00000144. The first-order valence-corrected chi connectivity index (χ1v) is 5.74. The van der Waals surface area contributed by atoms with E-state index >= 15 is 0 Å². The average Bonchev–Trinajstić information content (AvgIpc) is 2.46. The van der Waals surface area contributed by atoms with Crippen LogP contribution in [0.4, 0.5) is 0 Å². The van der Waals surface area contributed by atoms with Crippen LogP contribution in [-0.4, -0.2) is 36.8 Å². The highest BCUT2D eigenvalue weighted by molar-refractivity contribution is 8.93. The van der Waals surface area contributed by atoms with Crippen LogP contribution in [0.25, 0.3) is 0 Å². The number of hydrogen-bond donors (Lipinski definition) is 3. The van der Waals surface area contributed by atoms with Gasteiger partial charge in [-0.3, -0.25) is 5.32 Å². The monoisotopic (exact) mass is 269 g/mol. The molecule has 80 valence electrons. The van der Waals surface area contributed by atoms with E-state index in [1.54, 1.807) is 0 Å². The molecule has 0 aliphatic carbocycles. The number of nitrogens with two attached hydrogens (primary N) is 1. The molecule has 0 bridgehead atoms. The summed E-state index contributed by atoms with van der Waals surface area (Å²) in [6.45, 7) is 4.01. The fourth-order valence-electron chi connectivity index (χ4n) is 1.27. The molecular weight excluding hydrogens is 250 g/mol. The molecule has 1 fully saturated rings. The van der Waals surface area contributed by atoms with E-state index in [0.29, 0.717) is 12.1 Å². The van der Waals surface area contributed by atoms with Crippen molar-refractivity contribution in [1.29, 1.82) is 0 Å². The summed E-state index contributed by atoms with van der Waals surface area (Å²) < 4.78 is 0. The second-order valence-electron chi connectivity index (χ2n) is 3.20. The average molecular weight is 270 g/mol. The van der Waals surface area contributed by atoms with Gasteiger partial charge in [-0.15, -0.1) is 17.0 Å². The van der Waals surface area contributed by atoms with E-state index in [-0.39, 0.29) is 17.0 Å². The molecular formula is C8H20BrN3S. The molecule has 1 aliphatic heterocycles. The van der Waals surface area contributed by atoms with Crippen molar-refractivity contribution >= 4 is 28.7 Å². The van der Waals surface area contributed by atoms with Gasteiger partial charge in [-0.1, -0.05) is 0 Å². The predicted molar refractivity (Wildman–Crippen MR) is 65.7 cm³/mol. The van der Waals surface area contributed by atoms with Gasteiger partial charge in [-0.05, 0) is 25.6 Å². The highest BCUT2D eigenvalue weighted by Crippen LogP contribution is 2.09. The molecule has 1 aliphatic rings. The zero-order valence-electron chi connectivity index (χ0n) is 8.08. The Labute approximate surface area is 95.4 Å². The molecule has 2 unspecified atom stereocenters. The Kier molecular flexibility index (Phi) is 8.49. The first kappa shape index (κ1) is 13.7. The minimum absolute atomic E-state index is 0. The summed E-state index contributed by atoms with van der Waals surface area (Å²) in [6, 6.07) is 1.27. The van der Waals surface area contributed by atoms with Crippen LogP contribution in [0, 0.1) is 0 Å². The number of nitrogens with one attached hydrogen (secondary N) is 2. The van der Waals surface area contributed by atoms with E-state index in [1.807, 2.05) is 11.8 Å². The van der Waals surface area contributed by atoms with Crippen LogP contribution in [0.2, 0.25) is 0 Å². The van der Waals surface area contributed by atoms with Crippen molar-refractivity contribution in [3.05, 3.63) is 0 Å². The topological polar surface area (TPSA) is 50.1 Å². The van der Waals surface area contributed by atoms with Crippen LogP contribution in [0.15, 0.2) is 0 Å². The lowest BCUT2D eigenvalue weighted by Gasteiger charge is -2.13. The van der Waals surface area contributed by atoms with Gasteiger partial charge in [0.25, 0.3) is 0 Å². The second-order valence-corrected chi connectivity index (χ2v) is 4.35. The smallest absolute Gasteiger partial charge is 0.0459 e. The lowest BCUT2D eigenvalue weighted by atomic mass is 10.2. The highest BCUT2D eigenvalue weighted by atomic mass is 79.9. The van der Waals surface area contributed by atoms with Crippen molar-refractivity contribution in [2.45, 2.75) is 25.4 Å². The maximum atomic E-state index is 5.41. The van der Waals surface area contributed by atoms with Crippen LogP contribution in [-0.2, 0) is 0 Å². The normalized spacial score (nSPS) is 27.2. The molecule has 0 spiro atoms. The van der Waals surface area contributed by atoms with Crippen molar-refractivity contribution in [3.63, 3.8) is 0 Å². The first-order chi connectivity index (χ1) is 5.84. The molecule has 0 radical (unpaired) electrons. The molecule has 2 atom stereocenters. The minimum atomic E-state index is 0. The van der Waals surface area contributed by atoms with Crippen molar-refractivity contribution in [3.8, 4) is 0 Å². The molecule has 0 amide bonds. The maximum absolute atomic E-state index is 5.41. The molecule has 0 aromatic heterocycles. The highest BCUT2D eigenvalue weighted by Gasteiger charge is 2.20. The van der Waals surface area contributed by atoms with Crippen LogP contribution in [0.3, 0.4) is 0 Å². The summed E-state index contributed by atoms with van der Waals surface area (Å²) in [5, 5.41) is 6.78. The quantitative estimate of drug-likeness (QED) is 0.639. The second kappa shape index (κ2) is 8.05. The van der Waals surface area contributed by atoms with Crippen molar-refractivity contribution in [1.82, 2.24) is 10.6 Å². The third kappa shape index (κ3) is 5.22. The van der Waals surface area contributed by atoms with Gasteiger partial charge < -0.3 is 11.1 Å². The van der Waals surface area contributed by atoms with E-state index in [1.165, 1.54) is 11.5 Å². The fourth-order valence-corrected chi connectivity index (χ4v) is 2.47. The van der Waals surface area contributed by atoms with Crippen molar-refractivity contribution in [2.24, 2.45) is 5.73 Å². The predicted octanol–water partition coefficient (Wildman–Crippen LogP) is 0.554. The molecule has 1 saturated heterocycles. The molecule has 0 saturated carbocycles. The minimum Gasteiger partial charge on any atom is -0.330 e. The van der Waals surface area contributed by atoms with Crippen molar-refractivity contribution in [2.75, 3.05) is 24.7 Å². The maximum Gasteiger partial charge on any atom is 0.0459 e. The van der Waals surface area contributed by atoms with Crippen LogP contribution in [0.1, 0.15) is 13.3 Å². The standard InChI is InChI=1S/C8H19N3S.BrH/c1-7-8(11-6-10-7)5-12-4-2-3-9;/h7-8,10-11H,2-6,9H2,1H3;1H. The summed E-state index contributed by atoms with van der Waals surface area (Å²) in [4.78, 5) is 0. The largest absolute Gasteiger partial charge is 0.330 e. The Bertz CT molecular complexity index is 126. The number of halogens is 1. The molecule has 5 heteroatoms. The SMILES string of the molecule is Br.CC1NCNC1CSCCCN. The molecule has 1 heterocycles. The van der Waals surface area contributed by atoms with Gasteiger partial charge in [0.2, 0.25) is 0 Å². The van der Waals surface area contributed by atoms with Gasteiger partial charge in [0.05, 0.1) is 0 Å². The molecule has 0 aromatic rings. The Morgan fingerprint density at radius 3 is 2.77 bits per heavy atom. The zero-order chi connectivity index (χ0) is 8.81. The summed E-state index contributed by atoms with van der Waals surface area (Å²) in [5.41, 5.74) is 5.41. The van der Waals surface area contributed by atoms with Gasteiger partial charge in [0.1, 0.15) is 0 Å². The van der Waals surface area contributed by atoms with E-state index in [9.17, 15) is 0 Å². The lowest BCUT2D eigenvalue weighted by molar-refractivity contribution is 0.590. The number of thioether (sulfide) groups is 1. The van der Waals surface area contributed by atoms with Gasteiger partial charge in [-0.25, -0.2) is 0 Å². The van der Waals surface area contributed by atoms with Gasteiger partial charge >= 0.3 is 0 Å². The molecule has 3 nitrogen and oxygen atoms in total.